The van der Waals surface area contributed by atoms with Crippen LogP contribution in [-0.2, 0) is 16.2 Å². The van der Waals surface area contributed by atoms with Crippen LogP contribution in [0, 0.1) is 5.82 Å². The zero-order chi connectivity index (χ0) is 23.5. The molecule has 6 nitrogen and oxygen atoms in total. The molecule has 3 rings (SSSR count). The van der Waals surface area contributed by atoms with Gasteiger partial charge in [0.25, 0.3) is 5.91 Å². The van der Waals surface area contributed by atoms with Gasteiger partial charge in [-0.3, -0.25) is 4.79 Å². The topological polar surface area (TPSA) is 75.7 Å². The second-order valence-corrected chi connectivity index (χ2v) is 9.24. The van der Waals surface area contributed by atoms with Gasteiger partial charge in [-0.1, -0.05) is 12.8 Å². The predicted octanol–water partition coefficient (Wildman–Crippen LogP) is 4.67. The minimum atomic E-state index is -4.93. The Labute approximate surface area is 183 Å². The normalized spacial score (nSPS) is 15.8. The summed E-state index contributed by atoms with van der Waals surface area (Å²) in [6, 6.07) is 5.80. The lowest BCUT2D eigenvalue weighted by Gasteiger charge is -2.21. The molecule has 0 spiro atoms. The largest absolute Gasteiger partial charge is 0.495 e. The molecule has 32 heavy (non-hydrogen) atoms. The van der Waals surface area contributed by atoms with Crippen molar-refractivity contribution in [3.63, 3.8) is 0 Å². The highest BCUT2D eigenvalue weighted by Gasteiger charge is 2.34. The van der Waals surface area contributed by atoms with Crippen LogP contribution in [0.5, 0.6) is 5.75 Å². The first kappa shape index (κ1) is 24.0. The summed E-state index contributed by atoms with van der Waals surface area (Å²) in [5.74, 6) is -2.27. The maximum atomic E-state index is 13.5. The third-order valence-corrected chi connectivity index (χ3v) is 7.06. The van der Waals surface area contributed by atoms with Gasteiger partial charge in [0.05, 0.1) is 12.7 Å². The van der Waals surface area contributed by atoms with Crippen LogP contribution in [0.2, 0.25) is 0 Å². The standard InChI is InChI=1S/C21H22F4N2O4S/c1-31-18-9-6-14(12-19(18)32(29,30)27-10-4-2-3-5-11-27)20(28)26-15-7-8-17(22)16(13-15)21(23,24)25/h6-9,12-13H,2-5,10-11H2,1H3,(H,26,28). The Morgan fingerprint density at radius 2 is 1.69 bits per heavy atom. The lowest BCUT2D eigenvalue weighted by molar-refractivity contribution is -0.139. The molecule has 1 heterocycles. The molecule has 1 aliphatic rings. The molecule has 1 N–H and O–H groups in total. The number of hydrogen-bond donors (Lipinski definition) is 1. The summed E-state index contributed by atoms with van der Waals surface area (Å²) in [6.45, 7) is 0.690. The van der Waals surface area contributed by atoms with E-state index in [2.05, 4.69) is 5.32 Å². The number of benzene rings is 2. The quantitative estimate of drug-likeness (QED) is 0.639. The van der Waals surface area contributed by atoms with E-state index >= 15 is 0 Å². The van der Waals surface area contributed by atoms with E-state index < -0.39 is 33.5 Å². The highest BCUT2D eigenvalue weighted by molar-refractivity contribution is 7.89. The molecule has 1 saturated heterocycles. The number of carbonyl (C=O) groups excluding carboxylic acids is 1. The van der Waals surface area contributed by atoms with E-state index in [1.807, 2.05) is 0 Å². The van der Waals surface area contributed by atoms with Gasteiger partial charge in [0.2, 0.25) is 10.0 Å². The highest BCUT2D eigenvalue weighted by atomic mass is 32.2. The summed E-state index contributed by atoms with van der Waals surface area (Å²) < 4.78 is 85.2. The van der Waals surface area contributed by atoms with Gasteiger partial charge < -0.3 is 10.1 Å². The summed E-state index contributed by atoms with van der Waals surface area (Å²) in [5.41, 5.74) is -1.90. The second-order valence-electron chi connectivity index (χ2n) is 7.33. The van der Waals surface area contributed by atoms with Crippen molar-refractivity contribution in [2.45, 2.75) is 36.8 Å². The number of rotatable bonds is 5. The van der Waals surface area contributed by atoms with E-state index in [-0.39, 0.29) is 21.9 Å². The summed E-state index contributed by atoms with van der Waals surface area (Å²) in [6.07, 6.45) is -1.66. The van der Waals surface area contributed by atoms with Crippen molar-refractivity contribution >= 4 is 21.6 Å². The maximum Gasteiger partial charge on any atom is 0.419 e. The molecule has 1 amide bonds. The Morgan fingerprint density at radius 3 is 2.28 bits per heavy atom. The van der Waals surface area contributed by atoms with E-state index in [0.717, 1.165) is 25.0 Å². The van der Waals surface area contributed by atoms with Crippen LogP contribution in [0.25, 0.3) is 0 Å². The van der Waals surface area contributed by atoms with Crippen molar-refractivity contribution in [1.82, 2.24) is 4.31 Å². The van der Waals surface area contributed by atoms with E-state index in [4.69, 9.17) is 4.74 Å². The SMILES string of the molecule is COc1ccc(C(=O)Nc2ccc(F)c(C(F)(F)F)c2)cc1S(=O)(=O)N1CCCCCC1. The van der Waals surface area contributed by atoms with Gasteiger partial charge >= 0.3 is 6.18 Å². The minimum Gasteiger partial charge on any atom is -0.495 e. The fourth-order valence-corrected chi connectivity index (χ4v) is 5.16. The third-order valence-electron chi connectivity index (χ3n) is 5.14. The van der Waals surface area contributed by atoms with Crippen LogP contribution < -0.4 is 10.1 Å². The first-order chi connectivity index (χ1) is 15.0. The number of sulfonamides is 1. The van der Waals surface area contributed by atoms with Crippen molar-refractivity contribution in [3.8, 4) is 5.75 Å². The van der Waals surface area contributed by atoms with Gasteiger partial charge in [0.1, 0.15) is 16.5 Å². The fourth-order valence-electron chi connectivity index (χ4n) is 3.46. The monoisotopic (exact) mass is 474 g/mol. The number of anilines is 1. The number of amides is 1. The fraction of sp³-hybridized carbons (Fsp3) is 0.381. The van der Waals surface area contributed by atoms with E-state index in [1.54, 1.807) is 0 Å². The van der Waals surface area contributed by atoms with Gasteiger partial charge in [-0.05, 0) is 49.2 Å². The highest BCUT2D eigenvalue weighted by Crippen LogP contribution is 2.33. The van der Waals surface area contributed by atoms with Crippen LogP contribution in [0.3, 0.4) is 0 Å². The molecule has 0 atom stereocenters. The first-order valence-corrected chi connectivity index (χ1v) is 11.3. The van der Waals surface area contributed by atoms with Crippen LogP contribution in [0.15, 0.2) is 41.3 Å². The summed E-state index contributed by atoms with van der Waals surface area (Å²) in [5, 5.41) is 2.25. The van der Waals surface area contributed by atoms with E-state index in [0.29, 0.717) is 38.1 Å². The van der Waals surface area contributed by atoms with Crippen LogP contribution >= 0.6 is 0 Å². The van der Waals surface area contributed by atoms with Crippen molar-refractivity contribution in [2.75, 3.05) is 25.5 Å². The van der Waals surface area contributed by atoms with Crippen molar-refractivity contribution < 1.29 is 35.5 Å². The number of alkyl halides is 3. The molecule has 2 aromatic rings. The lowest BCUT2D eigenvalue weighted by atomic mass is 10.1. The Bertz CT molecular complexity index is 1100. The molecule has 0 aromatic heterocycles. The lowest BCUT2D eigenvalue weighted by Crippen LogP contribution is -2.32. The first-order valence-electron chi connectivity index (χ1n) is 9.90. The molecular weight excluding hydrogens is 452 g/mol. The van der Waals surface area contributed by atoms with Crippen molar-refractivity contribution in [2.24, 2.45) is 0 Å². The third kappa shape index (κ3) is 5.21. The summed E-state index contributed by atoms with van der Waals surface area (Å²) in [4.78, 5) is 12.4. The Balaban J connectivity index is 1.92. The minimum absolute atomic E-state index is 0.0481. The van der Waals surface area contributed by atoms with Gasteiger partial charge in [-0.15, -0.1) is 0 Å². The molecule has 0 radical (unpaired) electrons. The molecule has 0 aliphatic carbocycles. The van der Waals surface area contributed by atoms with Crippen molar-refractivity contribution in [1.29, 1.82) is 0 Å². The number of ether oxygens (including phenoxy) is 1. The molecule has 1 fully saturated rings. The molecule has 11 heteroatoms. The molecule has 174 valence electrons. The van der Waals surface area contributed by atoms with Crippen LogP contribution in [0.4, 0.5) is 23.2 Å². The van der Waals surface area contributed by atoms with Gasteiger partial charge in [0.15, 0.2) is 0 Å². The molecule has 0 bridgehead atoms. The second kappa shape index (κ2) is 9.45. The summed E-state index contributed by atoms with van der Waals surface area (Å²) in [7, 11) is -2.66. The molecular formula is C21H22F4N2O4S. The summed E-state index contributed by atoms with van der Waals surface area (Å²) >= 11 is 0. The number of carbonyl (C=O) groups is 1. The van der Waals surface area contributed by atoms with Crippen LogP contribution in [0.1, 0.15) is 41.6 Å². The number of nitrogens with one attached hydrogen (secondary N) is 1. The van der Waals surface area contributed by atoms with Crippen molar-refractivity contribution in [3.05, 3.63) is 53.3 Å². The Hall–Kier alpha value is -2.66. The molecule has 0 saturated carbocycles. The Kier molecular flexibility index (Phi) is 7.09. The van der Waals surface area contributed by atoms with Crippen LogP contribution in [-0.4, -0.2) is 38.8 Å². The van der Waals surface area contributed by atoms with Gasteiger partial charge in [-0.25, -0.2) is 12.8 Å². The average molecular weight is 474 g/mol. The van der Waals surface area contributed by atoms with Gasteiger partial charge in [-0.2, -0.15) is 17.5 Å². The predicted molar refractivity (Wildman–Crippen MR) is 110 cm³/mol. The van der Waals surface area contributed by atoms with E-state index in [9.17, 15) is 30.8 Å². The number of halogens is 4. The molecule has 0 unspecified atom stereocenters. The zero-order valence-electron chi connectivity index (χ0n) is 17.2. The van der Waals surface area contributed by atoms with Gasteiger partial charge in [0, 0.05) is 24.3 Å². The Morgan fingerprint density at radius 1 is 1.03 bits per heavy atom. The number of nitrogens with zero attached hydrogens (tertiary/aromatic N) is 1. The number of hydrogen-bond acceptors (Lipinski definition) is 4. The maximum absolute atomic E-state index is 13.5. The zero-order valence-corrected chi connectivity index (χ0v) is 18.0. The van der Waals surface area contributed by atoms with E-state index in [1.165, 1.54) is 23.5 Å². The molecule has 1 aliphatic heterocycles. The smallest absolute Gasteiger partial charge is 0.419 e. The average Bonchev–Trinajstić information content (AvgIpc) is 3.04. The molecule has 2 aromatic carbocycles. The number of methoxy groups -OCH3 is 1.